The van der Waals surface area contributed by atoms with Gasteiger partial charge in [-0.2, -0.15) is 0 Å². The third kappa shape index (κ3) is 2.52. The van der Waals surface area contributed by atoms with Crippen molar-refractivity contribution in [3.63, 3.8) is 0 Å². The largest absolute Gasteiger partial charge is 0.506 e. The number of rotatable bonds is 2. The first-order chi connectivity index (χ1) is 9.24. The van der Waals surface area contributed by atoms with Crippen molar-refractivity contribution in [1.29, 1.82) is 0 Å². The van der Waals surface area contributed by atoms with E-state index in [0.29, 0.717) is 16.2 Å². The monoisotopic (exact) mass is 273 g/mol. The number of hydrogen-bond acceptors (Lipinski definition) is 4. The Labute approximate surface area is 117 Å². The molecule has 2 aromatic rings. The Kier molecular flexibility index (Phi) is 3.31. The summed E-state index contributed by atoms with van der Waals surface area (Å²) in [6.07, 6.45) is 2.39. The van der Waals surface area contributed by atoms with Crippen LogP contribution in [0.3, 0.4) is 0 Å². The van der Waals surface area contributed by atoms with Gasteiger partial charge in [0.1, 0.15) is 16.3 Å². The molecule has 2 N–H and O–H groups in total. The van der Waals surface area contributed by atoms with Gasteiger partial charge in [0.2, 0.25) is 0 Å². The van der Waals surface area contributed by atoms with Crippen molar-refractivity contribution in [2.45, 2.75) is 12.8 Å². The minimum Gasteiger partial charge on any atom is -0.506 e. The number of aromatic nitrogens is 1. The minimum absolute atomic E-state index is 0.184. The van der Waals surface area contributed by atoms with Crippen molar-refractivity contribution in [2.24, 2.45) is 0 Å². The summed E-state index contributed by atoms with van der Waals surface area (Å²) in [5.74, 6) is 0.184. The van der Waals surface area contributed by atoms with E-state index in [1.807, 2.05) is 18.2 Å². The average Bonchev–Trinajstić information content (AvgIpc) is 2.92. The lowest BCUT2D eigenvalue weighted by Gasteiger charge is -2.18. The van der Waals surface area contributed by atoms with Gasteiger partial charge in [0.25, 0.3) is 0 Å². The highest BCUT2D eigenvalue weighted by molar-refractivity contribution is 7.80. The molecular formula is C14H15N3OS. The standard InChI is InChI=1S/C14H15N3OS/c18-12-5-3-4-10-6-7-11(15-13(10)12)14(19)16-17-8-1-2-9-17/h3-7,18H,1-2,8-9H2,(H,16,19). The molecule has 0 unspecified atom stereocenters. The molecule has 1 aliphatic heterocycles. The molecule has 0 atom stereocenters. The third-order valence-electron chi connectivity index (χ3n) is 3.30. The normalized spacial score (nSPS) is 15.8. The zero-order chi connectivity index (χ0) is 13.2. The number of nitrogens with zero attached hydrogens (tertiary/aromatic N) is 2. The number of benzene rings is 1. The summed E-state index contributed by atoms with van der Waals surface area (Å²) in [4.78, 5) is 5.04. The number of hydrazine groups is 1. The summed E-state index contributed by atoms with van der Waals surface area (Å²) < 4.78 is 0. The zero-order valence-corrected chi connectivity index (χ0v) is 11.3. The molecule has 1 aromatic carbocycles. The fourth-order valence-electron chi connectivity index (χ4n) is 2.29. The summed E-state index contributed by atoms with van der Waals surface area (Å²) in [6, 6.07) is 9.17. The van der Waals surface area contributed by atoms with Gasteiger partial charge in [-0.25, -0.2) is 9.99 Å². The lowest BCUT2D eigenvalue weighted by molar-refractivity contribution is 0.298. The first-order valence-corrected chi connectivity index (χ1v) is 6.79. The number of aromatic hydroxyl groups is 1. The number of hydrogen-bond donors (Lipinski definition) is 2. The van der Waals surface area contributed by atoms with Crippen LogP contribution in [-0.4, -0.2) is 33.2 Å². The first-order valence-electron chi connectivity index (χ1n) is 6.39. The molecule has 0 amide bonds. The number of phenolic OH excluding ortho intramolecular Hbond substituents is 1. The van der Waals surface area contributed by atoms with Crippen LogP contribution >= 0.6 is 12.2 Å². The van der Waals surface area contributed by atoms with E-state index in [9.17, 15) is 5.11 Å². The van der Waals surface area contributed by atoms with Crippen LogP contribution in [0.15, 0.2) is 30.3 Å². The van der Waals surface area contributed by atoms with Gasteiger partial charge in [-0.05, 0) is 25.0 Å². The molecule has 4 nitrogen and oxygen atoms in total. The Morgan fingerprint density at radius 3 is 2.79 bits per heavy atom. The highest BCUT2D eigenvalue weighted by atomic mass is 32.1. The van der Waals surface area contributed by atoms with E-state index < -0.39 is 0 Å². The van der Waals surface area contributed by atoms with Crippen LogP contribution in [0.4, 0.5) is 0 Å². The van der Waals surface area contributed by atoms with Crippen molar-refractivity contribution in [3.05, 3.63) is 36.0 Å². The highest BCUT2D eigenvalue weighted by Gasteiger charge is 2.14. The smallest absolute Gasteiger partial charge is 0.141 e. The second-order valence-corrected chi connectivity index (χ2v) is 5.09. The number of thiocarbonyl (C=S) groups is 1. The summed E-state index contributed by atoms with van der Waals surface area (Å²) in [5, 5.41) is 12.8. The summed E-state index contributed by atoms with van der Waals surface area (Å²) in [7, 11) is 0. The topological polar surface area (TPSA) is 48.4 Å². The van der Waals surface area contributed by atoms with Gasteiger partial charge < -0.3 is 10.5 Å². The summed E-state index contributed by atoms with van der Waals surface area (Å²) in [6.45, 7) is 2.03. The lowest BCUT2D eigenvalue weighted by Crippen LogP contribution is -2.39. The number of pyridine rings is 1. The third-order valence-corrected chi connectivity index (χ3v) is 3.60. The van der Waals surface area contributed by atoms with E-state index in [1.165, 1.54) is 12.8 Å². The van der Waals surface area contributed by atoms with Crippen LogP contribution in [0.2, 0.25) is 0 Å². The fourth-order valence-corrected chi connectivity index (χ4v) is 2.53. The molecule has 1 aromatic heterocycles. The van der Waals surface area contributed by atoms with Crippen LogP contribution < -0.4 is 5.43 Å². The zero-order valence-electron chi connectivity index (χ0n) is 10.5. The van der Waals surface area contributed by atoms with Crippen molar-refractivity contribution >= 4 is 28.1 Å². The van der Waals surface area contributed by atoms with E-state index in [4.69, 9.17) is 12.2 Å². The molecule has 0 aliphatic carbocycles. The Balaban J connectivity index is 1.87. The number of para-hydroxylation sites is 1. The van der Waals surface area contributed by atoms with Gasteiger partial charge in [0.05, 0.1) is 5.69 Å². The number of fused-ring (bicyclic) bond motifs is 1. The van der Waals surface area contributed by atoms with Crippen molar-refractivity contribution < 1.29 is 5.11 Å². The number of phenols is 1. The molecule has 0 spiro atoms. The average molecular weight is 273 g/mol. The highest BCUT2D eigenvalue weighted by Crippen LogP contribution is 2.22. The molecular weight excluding hydrogens is 258 g/mol. The second kappa shape index (κ2) is 5.11. The van der Waals surface area contributed by atoms with Crippen LogP contribution in [0.1, 0.15) is 18.5 Å². The van der Waals surface area contributed by atoms with Gasteiger partial charge in [-0.3, -0.25) is 0 Å². The van der Waals surface area contributed by atoms with Crippen LogP contribution in [0, 0.1) is 0 Å². The second-order valence-electron chi connectivity index (χ2n) is 4.68. The molecule has 1 fully saturated rings. The van der Waals surface area contributed by atoms with E-state index >= 15 is 0 Å². The Morgan fingerprint density at radius 2 is 2.00 bits per heavy atom. The van der Waals surface area contributed by atoms with E-state index in [0.717, 1.165) is 18.5 Å². The molecule has 2 heterocycles. The van der Waals surface area contributed by atoms with Gasteiger partial charge in [0.15, 0.2) is 0 Å². The molecule has 0 saturated carbocycles. The van der Waals surface area contributed by atoms with Crippen LogP contribution in [0.5, 0.6) is 5.75 Å². The van der Waals surface area contributed by atoms with Crippen molar-refractivity contribution in [1.82, 2.24) is 15.4 Å². The molecule has 0 radical (unpaired) electrons. The molecule has 19 heavy (non-hydrogen) atoms. The molecule has 1 aliphatic rings. The maximum atomic E-state index is 9.83. The van der Waals surface area contributed by atoms with Gasteiger partial charge >= 0.3 is 0 Å². The number of nitrogens with one attached hydrogen (secondary N) is 1. The molecule has 5 heteroatoms. The van der Waals surface area contributed by atoms with E-state index in [1.54, 1.807) is 12.1 Å². The minimum atomic E-state index is 0.184. The predicted molar refractivity (Wildman–Crippen MR) is 79.1 cm³/mol. The van der Waals surface area contributed by atoms with E-state index in [-0.39, 0.29) is 5.75 Å². The predicted octanol–water partition coefficient (Wildman–Crippen LogP) is 2.22. The molecule has 0 bridgehead atoms. The maximum Gasteiger partial charge on any atom is 0.141 e. The molecule has 1 saturated heterocycles. The van der Waals surface area contributed by atoms with Crippen LogP contribution in [0.25, 0.3) is 10.9 Å². The van der Waals surface area contributed by atoms with Crippen LogP contribution in [-0.2, 0) is 0 Å². The van der Waals surface area contributed by atoms with E-state index in [2.05, 4.69) is 15.4 Å². The van der Waals surface area contributed by atoms with Crippen molar-refractivity contribution in [3.8, 4) is 5.75 Å². The molecule has 98 valence electrons. The Bertz CT molecular complexity index is 623. The summed E-state index contributed by atoms with van der Waals surface area (Å²) in [5.41, 5.74) is 4.48. The Morgan fingerprint density at radius 1 is 1.21 bits per heavy atom. The fraction of sp³-hybridized carbons (Fsp3) is 0.286. The van der Waals surface area contributed by atoms with Gasteiger partial charge in [-0.15, -0.1) is 0 Å². The molecule has 3 rings (SSSR count). The van der Waals surface area contributed by atoms with Gasteiger partial charge in [0, 0.05) is 18.5 Å². The SMILES string of the molecule is Oc1cccc2ccc(C(=S)NN3CCCC3)nc12. The summed E-state index contributed by atoms with van der Waals surface area (Å²) >= 11 is 5.37. The quantitative estimate of drug-likeness (QED) is 0.822. The lowest BCUT2D eigenvalue weighted by atomic mass is 10.2. The maximum absolute atomic E-state index is 9.83. The first kappa shape index (κ1) is 12.3. The Hall–Kier alpha value is -1.72. The van der Waals surface area contributed by atoms with Crippen molar-refractivity contribution in [2.75, 3.05) is 13.1 Å². The van der Waals surface area contributed by atoms with Gasteiger partial charge in [-0.1, -0.05) is 30.4 Å².